The maximum absolute atomic E-state index is 11.2. The lowest BCUT2D eigenvalue weighted by molar-refractivity contribution is -0.384. The first-order chi connectivity index (χ1) is 8.06. The third-order valence-corrected chi connectivity index (χ3v) is 3.93. The second-order valence-corrected chi connectivity index (χ2v) is 5.85. The maximum atomic E-state index is 11.2. The van der Waals surface area contributed by atoms with E-state index >= 15 is 0 Å². The number of hydrogen-bond donors (Lipinski definition) is 1. The Bertz CT molecular complexity index is 441. The van der Waals surface area contributed by atoms with Crippen LogP contribution in [0, 0.1) is 10.1 Å². The minimum Gasteiger partial charge on any atom is -0.378 e. The first-order valence-electron chi connectivity index (χ1n) is 4.93. The average molecular weight is 322 g/mol. The quantitative estimate of drug-likeness (QED) is 0.639. The van der Waals surface area contributed by atoms with E-state index in [1.54, 1.807) is 0 Å². The highest BCUT2D eigenvalue weighted by Gasteiger charge is 2.16. The van der Waals surface area contributed by atoms with Crippen LogP contribution in [0.15, 0.2) is 16.9 Å². The van der Waals surface area contributed by atoms with Crippen molar-refractivity contribution >= 4 is 38.1 Å². The number of aromatic nitrogens is 1. The predicted molar refractivity (Wildman–Crippen MR) is 70.6 cm³/mol. The zero-order chi connectivity index (χ0) is 12.8. The van der Waals surface area contributed by atoms with Gasteiger partial charge in [-0.15, -0.1) is 0 Å². The van der Waals surface area contributed by atoms with Crippen molar-refractivity contribution in [3.8, 4) is 0 Å². The zero-order valence-electron chi connectivity index (χ0n) is 9.18. The smallest absolute Gasteiger partial charge is 0.311 e. The van der Waals surface area contributed by atoms with Crippen molar-refractivity contribution in [2.45, 2.75) is 6.92 Å². The van der Waals surface area contributed by atoms with Gasteiger partial charge in [0.2, 0.25) is 0 Å². The summed E-state index contributed by atoms with van der Waals surface area (Å²) in [5.41, 5.74) is 0.278. The van der Waals surface area contributed by atoms with Crippen LogP contribution in [0.2, 0.25) is 0 Å². The third-order valence-electron chi connectivity index (χ3n) is 2.03. The molecule has 0 aromatic carbocycles. The monoisotopic (exact) mass is 321 g/mol. The SMILES string of the molecule is CCS(=O)CCNc1c(Br)cncc1[N+](=O)[O-]. The largest absolute Gasteiger partial charge is 0.378 e. The van der Waals surface area contributed by atoms with Gasteiger partial charge in [0, 0.05) is 35.0 Å². The standard InChI is InChI=1S/C9H12BrN3O3S/c1-2-17(16)4-3-12-9-7(10)5-11-6-8(9)13(14)15/h5-6H,2-4H2,1H3,(H,11,12). The fraction of sp³-hybridized carbons (Fsp3) is 0.444. The lowest BCUT2D eigenvalue weighted by atomic mass is 10.3. The summed E-state index contributed by atoms with van der Waals surface area (Å²) in [5, 5.41) is 13.7. The average Bonchev–Trinajstić information content (AvgIpc) is 2.30. The van der Waals surface area contributed by atoms with Crippen LogP contribution in [0.3, 0.4) is 0 Å². The van der Waals surface area contributed by atoms with Gasteiger partial charge in [-0.1, -0.05) is 6.92 Å². The predicted octanol–water partition coefficient (Wildman–Crippen LogP) is 1.93. The van der Waals surface area contributed by atoms with E-state index in [1.807, 2.05) is 6.92 Å². The molecule has 1 rings (SSSR count). The molecule has 1 aromatic heterocycles. The Morgan fingerprint density at radius 3 is 2.88 bits per heavy atom. The third kappa shape index (κ3) is 4.04. The van der Waals surface area contributed by atoms with Crippen molar-refractivity contribution in [1.29, 1.82) is 0 Å². The topological polar surface area (TPSA) is 85.1 Å². The fourth-order valence-corrected chi connectivity index (χ4v) is 2.25. The number of halogens is 1. The van der Waals surface area contributed by atoms with Gasteiger partial charge in [0.1, 0.15) is 11.9 Å². The molecule has 6 nitrogen and oxygen atoms in total. The molecule has 1 N–H and O–H groups in total. The van der Waals surface area contributed by atoms with E-state index in [-0.39, 0.29) is 5.69 Å². The molecule has 8 heteroatoms. The molecule has 0 aliphatic rings. The Hall–Kier alpha value is -1.02. The first kappa shape index (κ1) is 14.0. The Labute approximate surface area is 110 Å². The van der Waals surface area contributed by atoms with Crippen molar-refractivity contribution in [3.63, 3.8) is 0 Å². The lowest BCUT2D eigenvalue weighted by Crippen LogP contribution is -2.13. The second-order valence-electron chi connectivity index (χ2n) is 3.13. The molecule has 0 aliphatic carbocycles. The molecule has 1 aromatic rings. The van der Waals surface area contributed by atoms with Crippen LogP contribution in [-0.2, 0) is 10.8 Å². The molecule has 0 radical (unpaired) electrons. The van der Waals surface area contributed by atoms with E-state index < -0.39 is 15.7 Å². The van der Waals surface area contributed by atoms with Crippen LogP contribution < -0.4 is 5.32 Å². The van der Waals surface area contributed by atoms with Gasteiger partial charge >= 0.3 is 5.69 Å². The number of pyridine rings is 1. The molecule has 94 valence electrons. The van der Waals surface area contributed by atoms with Gasteiger partial charge < -0.3 is 5.32 Å². The van der Waals surface area contributed by atoms with Crippen LogP contribution >= 0.6 is 15.9 Å². The summed E-state index contributed by atoms with van der Waals surface area (Å²) in [7, 11) is -0.888. The van der Waals surface area contributed by atoms with Gasteiger partial charge in [-0.25, -0.2) is 0 Å². The van der Waals surface area contributed by atoms with Gasteiger partial charge in [-0.2, -0.15) is 0 Å². The van der Waals surface area contributed by atoms with E-state index in [9.17, 15) is 14.3 Å². The minimum absolute atomic E-state index is 0.0957. The number of nitrogens with zero attached hydrogens (tertiary/aromatic N) is 2. The molecule has 0 bridgehead atoms. The zero-order valence-corrected chi connectivity index (χ0v) is 11.6. The maximum Gasteiger partial charge on any atom is 0.311 e. The number of anilines is 1. The van der Waals surface area contributed by atoms with Crippen molar-refractivity contribution in [3.05, 3.63) is 27.0 Å². The highest BCUT2D eigenvalue weighted by Crippen LogP contribution is 2.30. The van der Waals surface area contributed by atoms with E-state index in [2.05, 4.69) is 26.2 Å². The Morgan fingerprint density at radius 2 is 2.29 bits per heavy atom. The summed E-state index contributed by atoms with van der Waals surface area (Å²) in [4.78, 5) is 14.0. The lowest BCUT2D eigenvalue weighted by Gasteiger charge is -2.07. The van der Waals surface area contributed by atoms with E-state index in [4.69, 9.17) is 0 Å². The molecule has 17 heavy (non-hydrogen) atoms. The minimum atomic E-state index is -0.888. The van der Waals surface area contributed by atoms with E-state index in [0.29, 0.717) is 28.2 Å². The van der Waals surface area contributed by atoms with E-state index in [1.165, 1.54) is 12.4 Å². The second kappa shape index (κ2) is 6.65. The number of nitro groups is 1. The molecule has 0 aliphatic heterocycles. The summed E-state index contributed by atoms with van der Waals surface area (Å²) in [6.07, 6.45) is 2.66. The summed E-state index contributed by atoms with van der Waals surface area (Å²) in [6.45, 7) is 2.25. The summed E-state index contributed by atoms with van der Waals surface area (Å²) in [5.74, 6) is 1.05. The molecule has 0 fully saturated rings. The summed E-state index contributed by atoms with van der Waals surface area (Å²) < 4.78 is 11.7. The van der Waals surface area contributed by atoms with Crippen molar-refractivity contribution < 1.29 is 9.13 Å². The summed E-state index contributed by atoms with van der Waals surface area (Å²) in [6, 6.07) is 0. The Morgan fingerprint density at radius 1 is 1.59 bits per heavy atom. The normalized spacial score (nSPS) is 12.1. The van der Waals surface area contributed by atoms with E-state index in [0.717, 1.165) is 0 Å². The van der Waals surface area contributed by atoms with Crippen LogP contribution in [-0.4, -0.2) is 32.2 Å². The Kier molecular flexibility index (Phi) is 5.49. The van der Waals surface area contributed by atoms with Crippen LogP contribution in [0.5, 0.6) is 0 Å². The molecule has 1 unspecified atom stereocenters. The molecule has 1 heterocycles. The van der Waals surface area contributed by atoms with Gasteiger partial charge in [0.05, 0.1) is 9.40 Å². The molecular weight excluding hydrogens is 310 g/mol. The highest BCUT2D eigenvalue weighted by atomic mass is 79.9. The number of rotatable bonds is 6. The van der Waals surface area contributed by atoms with Crippen molar-refractivity contribution in [1.82, 2.24) is 4.98 Å². The molecule has 0 amide bonds. The molecule has 0 saturated heterocycles. The van der Waals surface area contributed by atoms with Gasteiger partial charge in [-0.05, 0) is 15.9 Å². The van der Waals surface area contributed by atoms with Crippen LogP contribution in [0.1, 0.15) is 6.92 Å². The fourth-order valence-electron chi connectivity index (χ4n) is 1.17. The van der Waals surface area contributed by atoms with Crippen molar-refractivity contribution in [2.75, 3.05) is 23.4 Å². The number of hydrogen-bond acceptors (Lipinski definition) is 5. The van der Waals surface area contributed by atoms with Gasteiger partial charge in [0.15, 0.2) is 0 Å². The molecule has 1 atom stereocenters. The summed E-state index contributed by atoms with van der Waals surface area (Å²) >= 11 is 3.19. The van der Waals surface area contributed by atoms with Crippen LogP contribution in [0.4, 0.5) is 11.4 Å². The molecule has 0 spiro atoms. The van der Waals surface area contributed by atoms with Gasteiger partial charge in [-0.3, -0.25) is 19.3 Å². The molecular formula is C9H12BrN3O3S. The first-order valence-corrected chi connectivity index (χ1v) is 7.21. The number of nitrogens with one attached hydrogen (secondary N) is 1. The van der Waals surface area contributed by atoms with Crippen LogP contribution in [0.25, 0.3) is 0 Å². The Balaban J connectivity index is 2.76. The highest BCUT2D eigenvalue weighted by molar-refractivity contribution is 9.10. The van der Waals surface area contributed by atoms with Gasteiger partial charge in [0.25, 0.3) is 0 Å². The molecule has 0 saturated carbocycles. The van der Waals surface area contributed by atoms with Crippen molar-refractivity contribution in [2.24, 2.45) is 0 Å².